The van der Waals surface area contributed by atoms with E-state index in [0.29, 0.717) is 0 Å². The van der Waals surface area contributed by atoms with Crippen LogP contribution in [0.1, 0.15) is 76.7 Å². The van der Waals surface area contributed by atoms with Crippen molar-refractivity contribution in [2.24, 2.45) is 0 Å². The summed E-state index contributed by atoms with van der Waals surface area (Å²) >= 11 is 0. The van der Waals surface area contributed by atoms with Crippen LogP contribution in [0.5, 0.6) is 23.0 Å². The molecule has 0 amide bonds. The lowest BCUT2D eigenvalue weighted by Gasteiger charge is -2.52. The number of carbonyl (C=O) groups is 2. The third kappa shape index (κ3) is 5.73. The quantitative estimate of drug-likeness (QED) is 0.0934. The summed E-state index contributed by atoms with van der Waals surface area (Å²) in [4.78, 5) is 29.2. The molecule has 60 heavy (non-hydrogen) atoms. The number of aliphatic hydroxyl groups is 10. The first kappa shape index (κ1) is 41.7. The van der Waals surface area contributed by atoms with E-state index >= 15 is 0 Å². The molecule has 18 heteroatoms. The van der Waals surface area contributed by atoms with Crippen molar-refractivity contribution in [2.75, 3.05) is 13.2 Å². The number of hydrogen-bond acceptors (Lipinski definition) is 18. The van der Waals surface area contributed by atoms with Crippen LogP contribution in [0.2, 0.25) is 0 Å². The van der Waals surface area contributed by atoms with E-state index in [2.05, 4.69) is 0 Å². The molecule has 2 saturated heterocycles. The molecule has 12 atom stereocenters. The second-order valence-electron chi connectivity index (χ2n) is 15.5. The van der Waals surface area contributed by atoms with Crippen molar-refractivity contribution in [1.29, 1.82) is 0 Å². The minimum Gasteiger partial charge on any atom is -0.507 e. The molecular weight excluding hydrogens is 792 g/mol. The van der Waals surface area contributed by atoms with Gasteiger partial charge >= 0.3 is 0 Å². The molecule has 18 nitrogen and oxygen atoms in total. The van der Waals surface area contributed by atoms with Gasteiger partial charge in [-0.3, -0.25) is 9.59 Å². The van der Waals surface area contributed by atoms with Gasteiger partial charge in [0.1, 0.15) is 77.9 Å². The van der Waals surface area contributed by atoms with Gasteiger partial charge in [0, 0.05) is 11.5 Å². The molecule has 2 aliphatic heterocycles. The SMILES string of the molecule is O=C1c2c(O)cccc2[C@@](c2ccc3c(c2O)C(=O)c2c(O)cc(CO)cc2[C@@H]3[C@@H]2O[C@H](CO)[C@@H](O)[C@H](O)[C@H]2O)([C@@H]2O[C@H](CO)[C@@H](O)[C@H](O)[C@H]2O)c2cc(CO)cc(O)c21. The Morgan fingerprint density at radius 2 is 1.08 bits per heavy atom. The number of hydrogen-bond donors (Lipinski definition) is 14. The fourth-order valence-electron chi connectivity index (χ4n) is 9.68. The number of ether oxygens (including phenoxy) is 2. The Morgan fingerprint density at radius 3 is 1.72 bits per heavy atom. The van der Waals surface area contributed by atoms with Crippen LogP contribution in [-0.2, 0) is 28.1 Å². The zero-order valence-electron chi connectivity index (χ0n) is 31.3. The molecule has 8 rings (SSSR count). The van der Waals surface area contributed by atoms with Crippen molar-refractivity contribution >= 4 is 11.6 Å². The summed E-state index contributed by atoms with van der Waals surface area (Å²) in [5, 5.41) is 155. The highest BCUT2D eigenvalue weighted by molar-refractivity contribution is 6.18. The lowest BCUT2D eigenvalue weighted by atomic mass is 9.56. The first-order valence-electron chi connectivity index (χ1n) is 18.9. The average Bonchev–Trinajstić information content (AvgIpc) is 3.23. The van der Waals surface area contributed by atoms with Crippen LogP contribution in [0.3, 0.4) is 0 Å². The Hall–Kier alpha value is -5.06. The third-order valence-electron chi connectivity index (χ3n) is 12.4. The summed E-state index contributed by atoms with van der Waals surface area (Å²) < 4.78 is 12.2. The zero-order valence-corrected chi connectivity index (χ0v) is 31.3. The van der Waals surface area contributed by atoms with Gasteiger partial charge in [-0.2, -0.15) is 0 Å². The van der Waals surface area contributed by atoms with E-state index in [1.54, 1.807) is 0 Å². The summed E-state index contributed by atoms with van der Waals surface area (Å²) in [6.45, 7) is -3.16. The molecule has 14 N–H and O–H groups in total. The Kier molecular flexibility index (Phi) is 10.5. The molecule has 4 aromatic carbocycles. The maximum Gasteiger partial charge on any atom is 0.201 e. The predicted octanol–water partition coefficient (Wildman–Crippen LogP) is -2.27. The molecule has 0 saturated carbocycles. The van der Waals surface area contributed by atoms with E-state index in [1.807, 2.05) is 0 Å². The van der Waals surface area contributed by atoms with Gasteiger partial charge in [0.15, 0.2) is 0 Å². The Balaban J connectivity index is 1.50. The highest BCUT2D eigenvalue weighted by atomic mass is 16.6. The van der Waals surface area contributed by atoms with Crippen LogP contribution in [0.15, 0.2) is 54.6 Å². The molecule has 2 heterocycles. The summed E-state index contributed by atoms with van der Waals surface area (Å²) in [5.41, 5.74) is -5.58. The van der Waals surface area contributed by atoms with Gasteiger partial charge in [-0.15, -0.1) is 0 Å². The number of aliphatic hydroxyl groups excluding tert-OH is 10. The number of ketones is 2. The summed E-state index contributed by atoms with van der Waals surface area (Å²) in [6.07, 6.45) is -18.5. The van der Waals surface area contributed by atoms with Crippen molar-refractivity contribution in [2.45, 2.75) is 85.6 Å². The summed E-state index contributed by atoms with van der Waals surface area (Å²) in [5.74, 6) is -6.49. The van der Waals surface area contributed by atoms with Crippen LogP contribution in [0.4, 0.5) is 0 Å². The molecule has 318 valence electrons. The summed E-state index contributed by atoms with van der Waals surface area (Å²) in [6, 6.07) is 10.9. The smallest absolute Gasteiger partial charge is 0.201 e. The van der Waals surface area contributed by atoms with Crippen molar-refractivity contribution in [3.05, 3.63) is 116 Å². The number of phenolic OH excluding ortho intramolecular Hbond substituents is 4. The first-order chi connectivity index (χ1) is 28.6. The molecule has 0 aromatic heterocycles. The highest BCUT2D eigenvalue weighted by Crippen LogP contribution is 2.59. The molecule has 4 aliphatic rings. The topological polar surface area (TPSA) is 336 Å². The molecule has 0 spiro atoms. The van der Waals surface area contributed by atoms with Gasteiger partial charge in [-0.05, 0) is 51.6 Å². The monoisotopic (exact) mass is 834 g/mol. The van der Waals surface area contributed by atoms with E-state index in [4.69, 9.17) is 9.47 Å². The number of rotatable bonds is 7. The van der Waals surface area contributed by atoms with Crippen molar-refractivity contribution in [3.63, 3.8) is 0 Å². The van der Waals surface area contributed by atoms with E-state index < -0.39 is 161 Å². The number of carbonyl (C=O) groups excluding carboxylic acids is 2. The van der Waals surface area contributed by atoms with E-state index in [0.717, 1.165) is 18.2 Å². The minimum atomic E-state index is -2.44. The molecule has 2 aliphatic carbocycles. The standard InChI is InChI=1S/C42H42O18/c43-10-14-6-17-26(40-38(57)36(55)32(51)24(12-45)59-40)16-4-5-19(31(50)28(16)34(53)27(17)22(48)8-14)42(41-39(58)37(56)33(52)25(13-46)60-41)18-2-1-3-21(47)29(18)35(54)30-20(42)7-15(11-44)9-23(30)49/h1-9,24-26,32-33,36-41,43-52,55-58H,10-13H2/t24-,25-,26-,32-,33-,36+,37+,38-,39-,40+,41-,42+/m1/s1. The number of fused-ring (bicyclic) bond motifs is 4. The lowest BCUT2D eigenvalue weighted by molar-refractivity contribution is -0.239. The summed E-state index contributed by atoms with van der Waals surface area (Å²) in [7, 11) is 0. The highest BCUT2D eigenvalue weighted by Gasteiger charge is 2.61. The van der Waals surface area contributed by atoms with Crippen LogP contribution >= 0.6 is 0 Å². The second-order valence-corrected chi connectivity index (χ2v) is 15.5. The molecule has 0 bridgehead atoms. The molecular formula is C42H42O18. The van der Waals surface area contributed by atoms with Gasteiger partial charge in [0.05, 0.1) is 60.2 Å². The van der Waals surface area contributed by atoms with Crippen LogP contribution in [-0.4, -0.2) is 157 Å². The van der Waals surface area contributed by atoms with Gasteiger partial charge < -0.3 is 81.0 Å². The molecule has 0 radical (unpaired) electrons. The normalized spacial score (nSPS) is 32.2. The Labute approximate surface area is 339 Å². The average molecular weight is 835 g/mol. The lowest BCUT2D eigenvalue weighted by Crippen LogP contribution is -2.65. The minimum absolute atomic E-state index is 0.0219. The maximum absolute atomic E-state index is 14.9. The fraction of sp³-hybridized carbons (Fsp3) is 0.381. The first-order valence-corrected chi connectivity index (χ1v) is 18.9. The molecule has 0 unspecified atom stereocenters. The van der Waals surface area contributed by atoms with Crippen LogP contribution < -0.4 is 0 Å². The Bertz CT molecular complexity index is 2390. The van der Waals surface area contributed by atoms with Gasteiger partial charge in [0.2, 0.25) is 11.6 Å². The van der Waals surface area contributed by atoms with Gasteiger partial charge in [0.25, 0.3) is 0 Å². The number of aromatic hydroxyl groups is 4. The fourth-order valence-corrected chi connectivity index (χ4v) is 9.68. The zero-order chi connectivity index (χ0) is 43.3. The molecule has 4 aromatic rings. The van der Waals surface area contributed by atoms with Crippen molar-refractivity contribution in [3.8, 4) is 23.0 Å². The number of phenols is 4. The third-order valence-corrected chi connectivity index (χ3v) is 12.4. The van der Waals surface area contributed by atoms with Crippen LogP contribution in [0.25, 0.3) is 0 Å². The van der Waals surface area contributed by atoms with Crippen molar-refractivity contribution < 1.29 is 90.6 Å². The predicted molar refractivity (Wildman–Crippen MR) is 200 cm³/mol. The van der Waals surface area contributed by atoms with Crippen LogP contribution in [0, 0.1) is 0 Å². The maximum atomic E-state index is 14.9. The molecule has 2 fully saturated rings. The van der Waals surface area contributed by atoms with Gasteiger partial charge in [-0.1, -0.05) is 36.4 Å². The number of benzene rings is 4. The Morgan fingerprint density at radius 1 is 0.517 bits per heavy atom. The van der Waals surface area contributed by atoms with Crippen molar-refractivity contribution in [1.82, 2.24) is 0 Å². The largest absolute Gasteiger partial charge is 0.507 e. The van der Waals surface area contributed by atoms with E-state index in [9.17, 15) is 81.1 Å². The van der Waals surface area contributed by atoms with E-state index in [-0.39, 0.29) is 33.4 Å². The van der Waals surface area contributed by atoms with E-state index in [1.165, 1.54) is 36.4 Å². The second kappa shape index (κ2) is 15.1. The van der Waals surface area contributed by atoms with Gasteiger partial charge in [-0.25, -0.2) is 0 Å².